The number of carbonyl (C=O) groups is 1. The van der Waals surface area contributed by atoms with E-state index in [0.717, 1.165) is 33.8 Å². The van der Waals surface area contributed by atoms with Crippen molar-refractivity contribution in [1.82, 2.24) is 29.6 Å². The molecule has 1 aliphatic heterocycles. The Labute approximate surface area is 220 Å². The number of aromatic nitrogens is 5. The van der Waals surface area contributed by atoms with E-state index in [1.54, 1.807) is 29.1 Å². The number of Topliss-reactive ketones (excluding diaryl/α,β-unsaturated/α-hetero) is 1. The van der Waals surface area contributed by atoms with Gasteiger partial charge in [0.2, 0.25) is 5.95 Å². The van der Waals surface area contributed by atoms with E-state index in [0.29, 0.717) is 19.7 Å². The summed E-state index contributed by atoms with van der Waals surface area (Å²) in [6.07, 6.45) is 5.07. The van der Waals surface area contributed by atoms with Gasteiger partial charge in [0.15, 0.2) is 0 Å². The zero-order valence-electron chi connectivity index (χ0n) is 21.7. The molecule has 0 unspecified atom stereocenters. The number of rotatable bonds is 10. The molecule has 1 fully saturated rings. The normalized spacial score (nSPS) is 17.8. The van der Waals surface area contributed by atoms with Crippen LogP contribution >= 0.6 is 0 Å². The fraction of sp³-hybridized carbons (Fsp3) is 0.357. The number of benzene rings is 1. The van der Waals surface area contributed by atoms with Crippen molar-refractivity contribution in [2.45, 2.75) is 31.8 Å². The van der Waals surface area contributed by atoms with E-state index in [4.69, 9.17) is 14.7 Å². The maximum Gasteiger partial charge on any atom is 0.213 e. The van der Waals surface area contributed by atoms with E-state index < -0.39 is 12.1 Å². The summed E-state index contributed by atoms with van der Waals surface area (Å²) in [5, 5.41) is 11.0. The van der Waals surface area contributed by atoms with Crippen LogP contribution in [0.15, 0.2) is 61.1 Å². The Morgan fingerprint density at radius 2 is 2.05 bits per heavy atom. The predicted molar refractivity (Wildman–Crippen MR) is 139 cm³/mol. The molecule has 0 aliphatic carbocycles. The van der Waals surface area contributed by atoms with Crippen molar-refractivity contribution in [3.63, 3.8) is 0 Å². The van der Waals surface area contributed by atoms with E-state index in [1.807, 2.05) is 55.2 Å². The van der Waals surface area contributed by atoms with Gasteiger partial charge in [-0.15, -0.1) is 0 Å². The third-order valence-corrected chi connectivity index (χ3v) is 6.87. The number of methoxy groups -OCH3 is 1. The molecule has 0 amide bonds. The summed E-state index contributed by atoms with van der Waals surface area (Å²) >= 11 is 0. The summed E-state index contributed by atoms with van der Waals surface area (Å²) in [6.45, 7) is 3.57. The van der Waals surface area contributed by atoms with Crippen LogP contribution in [0.1, 0.15) is 29.2 Å². The highest BCUT2D eigenvalue weighted by Gasteiger charge is 2.37. The number of hydrogen-bond acceptors (Lipinski definition) is 7. The van der Waals surface area contributed by atoms with Gasteiger partial charge in [-0.05, 0) is 42.3 Å². The molecule has 5 rings (SSSR count). The minimum Gasteiger partial charge on any atom is -0.383 e. The molecule has 0 radical (unpaired) electrons. The van der Waals surface area contributed by atoms with Crippen molar-refractivity contribution >= 4 is 5.78 Å². The van der Waals surface area contributed by atoms with Gasteiger partial charge in [0.05, 0.1) is 36.0 Å². The number of hydrogen-bond donors (Lipinski definition) is 0. The lowest BCUT2D eigenvalue weighted by Crippen LogP contribution is -2.25. The summed E-state index contributed by atoms with van der Waals surface area (Å²) in [4.78, 5) is 23.4. The van der Waals surface area contributed by atoms with Crippen molar-refractivity contribution in [3.05, 3.63) is 83.8 Å². The Bertz CT molecular complexity index is 1400. The van der Waals surface area contributed by atoms with Crippen LogP contribution in [0, 0.1) is 12.9 Å². The molecule has 0 bridgehead atoms. The number of pyridine rings is 1. The highest BCUT2D eigenvalue weighted by atomic mass is 19.1. The molecule has 0 spiro atoms. The second-order valence-electron chi connectivity index (χ2n) is 9.53. The lowest BCUT2D eigenvalue weighted by atomic mass is 9.91. The van der Waals surface area contributed by atoms with Crippen molar-refractivity contribution < 1.29 is 18.8 Å². The zero-order chi connectivity index (χ0) is 26.6. The maximum atomic E-state index is 13.9. The summed E-state index contributed by atoms with van der Waals surface area (Å²) in [5.41, 5.74) is 5.07. The van der Waals surface area contributed by atoms with Crippen LogP contribution in [0.4, 0.5) is 4.39 Å². The fourth-order valence-corrected chi connectivity index (χ4v) is 4.95. The number of nitrogens with zero attached hydrogens (tertiary/aromatic N) is 6. The van der Waals surface area contributed by atoms with Crippen molar-refractivity contribution in [2.24, 2.45) is 7.05 Å². The molecule has 1 aliphatic rings. The Balaban J connectivity index is 1.41. The number of hydroxylamine groups is 2. The van der Waals surface area contributed by atoms with Gasteiger partial charge in [-0.2, -0.15) is 19.7 Å². The molecular formula is C28H31FN6O3. The number of halogens is 1. The van der Waals surface area contributed by atoms with E-state index in [1.165, 1.54) is 12.3 Å². The maximum absolute atomic E-state index is 13.9. The van der Waals surface area contributed by atoms with E-state index >= 15 is 0 Å². The molecule has 1 aromatic carbocycles. The van der Waals surface area contributed by atoms with E-state index in [-0.39, 0.29) is 24.5 Å². The molecule has 38 heavy (non-hydrogen) atoms. The minimum absolute atomic E-state index is 0.0148. The number of ketones is 1. The SMILES string of the molecule is COCCN1C[C@@H](c2ccnc(F)c2)[C@H](CC(=O)Cc2c(C)c(-c3cnn(C)c3)nn2-c2ccccc2)O1. The lowest BCUT2D eigenvalue weighted by molar-refractivity contribution is -0.157. The fourth-order valence-electron chi connectivity index (χ4n) is 4.95. The van der Waals surface area contributed by atoms with Crippen LogP contribution in [0.3, 0.4) is 0 Å². The predicted octanol–water partition coefficient (Wildman–Crippen LogP) is 3.66. The van der Waals surface area contributed by atoms with Gasteiger partial charge in [0, 0.05) is 64.0 Å². The second kappa shape index (κ2) is 11.3. The quantitative estimate of drug-likeness (QED) is 0.296. The van der Waals surface area contributed by atoms with Gasteiger partial charge in [-0.1, -0.05) is 18.2 Å². The molecule has 4 aromatic rings. The van der Waals surface area contributed by atoms with Crippen LogP contribution in [0.5, 0.6) is 0 Å². The average Bonchev–Trinajstić information content (AvgIpc) is 3.61. The molecule has 2 atom stereocenters. The summed E-state index contributed by atoms with van der Waals surface area (Å²) in [7, 11) is 3.49. The minimum atomic E-state index is -0.548. The Morgan fingerprint density at radius 3 is 2.76 bits per heavy atom. The van der Waals surface area contributed by atoms with Gasteiger partial charge in [-0.3, -0.25) is 14.3 Å². The Hall–Kier alpha value is -3.73. The third-order valence-electron chi connectivity index (χ3n) is 6.87. The second-order valence-corrected chi connectivity index (χ2v) is 9.53. The first-order valence-electron chi connectivity index (χ1n) is 12.6. The van der Waals surface area contributed by atoms with Gasteiger partial charge in [-0.25, -0.2) is 9.67 Å². The first-order valence-corrected chi connectivity index (χ1v) is 12.6. The molecule has 9 nitrogen and oxygen atoms in total. The largest absolute Gasteiger partial charge is 0.383 e. The van der Waals surface area contributed by atoms with Crippen LogP contribution in [0.25, 0.3) is 16.9 Å². The topological polar surface area (TPSA) is 87.3 Å². The molecule has 4 heterocycles. The monoisotopic (exact) mass is 518 g/mol. The molecule has 1 saturated heterocycles. The van der Waals surface area contributed by atoms with Gasteiger partial charge in [0.25, 0.3) is 0 Å². The summed E-state index contributed by atoms with van der Waals surface area (Å²) in [5.74, 6) is -0.700. The number of para-hydroxylation sites is 1. The standard InChI is InChI=1S/C28H31FN6O3/c1-19-25(35(22-7-5-4-6-8-22)32-28(19)21-16-31-33(2)17-21)14-23(36)15-26-24(18-34(38-26)11-12-37-3)20-9-10-30-27(29)13-20/h4-10,13,16-17,24,26H,11-12,14-15,18H2,1-3H3/t24-,26-/m0/s1. The molecule has 0 N–H and O–H groups in total. The summed E-state index contributed by atoms with van der Waals surface area (Å²) < 4.78 is 22.7. The Morgan fingerprint density at radius 1 is 1.24 bits per heavy atom. The van der Waals surface area contributed by atoms with Gasteiger partial charge < -0.3 is 4.74 Å². The zero-order valence-corrected chi connectivity index (χ0v) is 21.7. The van der Waals surface area contributed by atoms with E-state index in [9.17, 15) is 9.18 Å². The first-order chi connectivity index (χ1) is 18.4. The highest BCUT2D eigenvalue weighted by Crippen LogP contribution is 2.33. The van der Waals surface area contributed by atoms with Gasteiger partial charge >= 0.3 is 0 Å². The van der Waals surface area contributed by atoms with Crippen LogP contribution in [-0.4, -0.2) is 68.3 Å². The van der Waals surface area contributed by atoms with Crippen molar-refractivity contribution in [3.8, 4) is 16.9 Å². The third kappa shape index (κ3) is 5.57. The summed E-state index contributed by atoms with van der Waals surface area (Å²) in [6, 6.07) is 13.0. The van der Waals surface area contributed by atoms with Crippen LogP contribution in [-0.2, 0) is 27.8 Å². The Kier molecular flexibility index (Phi) is 7.73. The molecule has 198 valence electrons. The van der Waals surface area contributed by atoms with E-state index in [2.05, 4.69) is 10.1 Å². The van der Waals surface area contributed by atoms with Gasteiger partial charge in [0.1, 0.15) is 5.78 Å². The number of aryl methyl sites for hydroxylation is 1. The average molecular weight is 519 g/mol. The molecule has 0 saturated carbocycles. The van der Waals surface area contributed by atoms with Crippen LogP contribution in [0.2, 0.25) is 0 Å². The molecule has 3 aromatic heterocycles. The molecule has 10 heteroatoms. The number of ether oxygens (including phenoxy) is 1. The molecular weight excluding hydrogens is 487 g/mol. The van der Waals surface area contributed by atoms with Crippen molar-refractivity contribution in [1.29, 1.82) is 0 Å². The first kappa shape index (κ1) is 25.9. The smallest absolute Gasteiger partial charge is 0.213 e. The lowest BCUT2D eigenvalue weighted by Gasteiger charge is -2.17. The van der Waals surface area contributed by atoms with Crippen LogP contribution < -0.4 is 0 Å². The highest BCUT2D eigenvalue weighted by molar-refractivity contribution is 5.82. The number of carbonyl (C=O) groups excluding carboxylic acids is 1. The van der Waals surface area contributed by atoms with Crippen molar-refractivity contribution in [2.75, 3.05) is 26.8 Å².